The Kier molecular flexibility index (Phi) is 5.03. The molecule has 0 radical (unpaired) electrons. The van der Waals surface area contributed by atoms with E-state index in [-0.39, 0.29) is 6.03 Å². The molecule has 4 rings (SSSR count). The molecule has 0 bridgehead atoms. The van der Waals surface area contributed by atoms with Crippen LogP contribution in [0.15, 0.2) is 46.5 Å². The predicted molar refractivity (Wildman–Crippen MR) is 106 cm³/mol. The average molecular weight is 385 g/mol. The van der Waals surface area contributed by atoms with Crippen LogP contribution in [0.3, 0.4) is 0 Å². The highest BCUT2D eigenvalue weighted by Crippen LogP contribution is 2.40. The molecule has 3 heterocycles. The van der Waals surface area contributed by atoms with E-state index in [0.29, 0.717) is 25.0 Å². The zero-order chi connectivity index (χ0) is 18.8. The number of nitrogens with zero attached hydrogens (tertiary/aromatic N) is 3. The smallest absolute Gasteiger partial charge is 0.323 e. The van der Waals surface area contributed by atoms with Gasteiger partial charge in [0, 0.05) is 10.4 Å². The maximum atomic E-state index is 13.1. The number of aryl methyl sites for hydroxylation is 1. The summed E-state index contributed by atoms with van der Waals surface area (Å²) in [6, 6.07) is 7.92. The first kappa shape index (κ1) is 17.9. The van der Waals surface area contributed by atoms with Crippen molar-refractivity contribution in [2.45, 2.75) is 45.8 Å². The fourth-order valence-electron chi connectivity index (χ4n) is 3.25. The quantitative estimate of drug-likeness (QED) is 0.620. The number of anilines is 1. The van der Waals surface area contributed by atoms with E-state index in [1.807, 2.05) is 47.4 Å². The van der Waals surface area contributed by atoms with Gasteiger partial charge in [0.1, 0.15) is 11.6 Å². The van der Waals surface area contributed by atoms with E-state index in [4.69, 9.17) is 4.42 Å². The molecule has 1 fully saturated rings. The van der Waals surface area contributed by atoms with Crippen LogP contribution in [0.2, 0.25) is 0 Å². The van der Waals surface area contributed by atoms with Crippen molar-refractivity contribution in [3.63, 3.8) is 0 Å². The molecule has 1 aliphatic rings. The summed E-state index contributed by atoms with van der Waals surface area (Å²) in [4.78, 5) is 16.0. The van der Waals surface area contributed by atoms with Crippen LogP contribution >= 0.6 is 11.3 Å². The SMILES string of the molecule is Cc1cnn(C(C)C2CC2)c1NC(=O)N(Cc1ccco1)Cc1cccs1. The fourth-order valence-corrected chi connectivity index (χ4v) is 3.97. The van der Waals surface area contributed by atoms with Crippen molar-refractivity contribution in [2.75, 3.05) is 5.32 Å². The van der Waals surface area contributed by atoms with Crippen molar-refractivity contribution >= 4 is 23.2 Å². The second-order valence-electron chi connectivity index (χ2n) is 7.14. The standard InChI is InChI=1S/C20H24N4O2S/c1-14-11-21-24(15(2)16-7-8-16)19(14)22-20(25)23(12-17-5-3-9-26-17)13-18-6-4-10-27-18/h3-6,9-11,15-16H,7-8,12-13H2,1-2H3,(H,22,25). The number of urea groups is 1. The third-order valence-corrected chi connectivity index (χ3v) is 5.90. The highest BCUT2D eigenvalue weighted by molar-refractivity contribution is 7.09. The first-order valence-electron chi connectivity index (χ1n) is 9.26. The van der Waals surface area contributed by atoms with E-state index in [1.165, 1.54) is 12.8 Å². The first-order chi connectivity index (χ1) is 13.1. The molecule has 7 heteroatoms. The molecule has 0 spiro atoms. The largest absolute Gasteiger partial charge is 0.467 e. The molecular formula is C20H24N4O2S. The summed E-state index contributed by atoms with van der Waals surface area (Å²) in [6.07, 6.45) is 5.92. The lowest BCUT2D eigenvalue weighted by Gasteiger charge is -2.23. The number of furan rings is 1. The van der Waals surface area contributed by atoms with Crippen LogP contribution in [-0.2, 0) is 13.1 Å². The van der Waals surface area contributed by atoms with Gasteiger partial charge < -0.3 is 9.32 Å². The fraction of sp³-hybridized carbons (Fsp3) is 0.400. The summed E-state index contributed by atoms with van der Waals surface area (Å²) < 4.78 is 7.42. The van der Waals surface area contributed by atoms with Gasteiger partial charge in [-0.2, -0.15) is 5.10 Å². The summed E-state index contributed by atoms with van der Waals surface area (Å²) in [6.45, 7) is 5.11. The molecule has 1 N–H and O–H groups in total. The third-order valence-electron chi connectivity index (χ3n) is 5.03. The molecule has 1 atom stereocenters. The molecule has 1 aliphatic carbocycles. The van der Waals surface area contributed by atoms with Crippen LogP contribution in [0, 0.1) is 12.8 Å². The third kappa shape index (κ3) is 4.08. The van der Waals surface area contributed by atoms with Crippen LogP contribution < -0.4 is 5.32 Å². The van der Waals surface area contributed by atoms with E-state index in [2.05, 4.69) is 17.3 Å². The second-order valence-corrected chi connectivity index (χ2v) is 8.18. The first-order valence-corrected chi connectivity index (χ1v) is 10.1. The van der Waals surface area contributed by atoms with Crippen LogP contribution in [0.1, 0.15) is 42.0 Å². The van der Waals surface area contributed by atoms with Crippen LogP contribution in [0.4, 0.5) is 10.6 Å². The number of nitrogens with one attached hydrogen (secondary N) is 1. The Morgan fingerprint density at radius 1 is 1.41 bits per heavy atom. The van der Waals surface area contributed by atoms with Gasteiger partial charge in [0.2, 0.25) is 0 Å². The lowest BCUT2D eigenvalue weighted by atomic mass is 10.2. The van der Waals surface area contributed by atoms with Crippen molar-refractivity contribution in [2.24, 2.45) is 5.92 Å². The summed E-state index contributed by atoms with van der Waals surface area (Å²) in [5.41, 5.74) is 0.977. The van der Waals surface area contributed by atoms with Gasteiger partial charge >= 0.3 is 6.03 Å². The number of aromatic nitrogens is 2. The highest BCUT2D eigenvalue weighted by Gasteiger charge is 2.31. The summed E-state index contributed by atoms with van der Waals surface area (Å²) in [5, 5.41) is 9.63. The van der Waals surface area contributed by atoms with E-state index in [0.717, 1.165) is 22.0 Å². The number of hydrogen-bond acceptors (Lipinski definition) is 4. The molecule has 0 saturated heterocycles. The Balaban J connectivity index is 1.53. The molecule has 6 nitrogen and oxygen atoms in total. The van der Waals surface area contributed by atoms with Crippen LogP contribution in [0.25, 0.3) is 0 Å². The number of amides is 2. The Hall–Kier alpha value is -2.54. The maximum Gasteiger partial charge on any atom is 0.323 e. The maximum absolute atomic E-state index is 13.1. The van der Waals surface area contributed by atoms with E-state index in [1.54, 1.807) is 22.5 Å². The molecule has 2 amide bonds. The minimum absolute atomic E-state index is 0.146. The van der Waals surface area contributed by atoms with Crippen molar-refractivity contribution in [3.05, 3.63) is 58.3 Å². The Morgan fingerprint density at radius 3 is 2.93 bits per heavy atom. The zero-order valence-corrected chi connectivity index (χ0v) is 16.4. The normalized spacial score (nSPS) is 14.9. The summed E-state index contributed by atoms with van der Waals surface area (Å²) >= 11 is 1.64. The highest BCUT2D eigenvalue weighted by atomic mass is 32.1. The monoisotopic (exact) mass is 384 g/mol. The summed E-state index contributed by atoms with van der Waals surface area (Å²) in [5.74, 6) is 2.21. The molecule has 3 aromatic heterocycles. The van der Waals surface area contributed by atoms with Gasteiger partial charge in [0.25, 0.3) is 0 Å². The van der Waals surface area contributed by atoms with Crippen LogP contribution in [-0.4, -0.2) is 20.7 Å². The van der Waals surface area contributed by atoms with E-state index in [9.17, 15) is 4.79 Å². The topological polar surface area (TPSA) is 63.3 Å². The van der Waals surface area contributed by atoms with Crippen molar-refractivity contribution < 1.29 is 9.21 Å². The molecular weight excluding hydrogens is 360 g/mol. The van der Waals surface area contributed by atoms with Gasteiger partial charge in [-0.15, -0.1) is 11.3 Å². The van der Waals surface area contributed by atoms with Crippen molar-refractivity contribution in [1.82, 2.24) is 14.7 Å². The minimum Gasteiger partial charge on any atom is -0.467 e. The van der Waals surface area contributed by atoms with Crippen molar-refractivity contribution in [1.29, 1.82) is 0 Å². The van der Waals surface area contributed by atoms with Gasteiger partial charge in [-0.1, -0.05) is 6.07 Å². The van der Waals surface area contributed by atoms with Gasteiger partial charge in [-0.3, -0.25) is 5.32 Å². The lowest BCUT2D eigenvalue weighted by Crippen LogP contribution is -2.34. The second kappa shape index (κ2) is 7.60. The van der Waals surface area contributed by atoms with E-state index < -0.39 is 0 Å². The van der Waals surface area contributed by atoms with Crippen LogP contribution in [0.5, 0.6) is 0 Å². The number of hydrogen-bond donors (Lipinski definition) is 1. The number of carbonyl (C=O) groups excluding carboxylic acids is 1. The predicted octanol–water partition coefficient (Wildman–Crippen LogP) is 5.05. The van der Waals surface area contributed by atoms with Crippen molar-refractivity contribution in [3.8, 4) is 0 Å². The Labute approximate surface area is 162 Å². The zero-order valence-electron chi connectivity index (χ0n) is 15.6. The number of carbonyl (C=O) groups is 1. The molecule has 27 heavy (non-hydrogen) atoms. The average Bonchev–Trinajstić information content (AvgIpc) is 3.02. The Morgan fingerprint density at radius 2 is 2.26 bits per heavy atom. The molecule has 1 saturated carbocycles. The molecule has 0 aliphatic heterocycles. The molecule has 1 unspecified atom stereocenters. The van der Waals surface area contributed by atoms with Gasteiger partial charge in [-0.25, -0.2) is 9.48 Å². The van der Waals surface area contributed by atoms with Gasteiger partial charge in [-0.05, 0) is 56.2 Å². The molecule has 0 aromatic carbocycles. The minimum atomic E-state index is -0.146. The van der Waals surface area contributed by atoms with E-state index >= 15 is 0 Å². The number of thiophene rings is 1. The lowest BCUT2D eigenvalue weighted by molar-refractivity contribution is 0.201. The summed E-state index contributed by atoms with van der Waals surface area (Å²) in [7, 11) is 0. The molecule has 3 aromatic rings. The van der Waals surface area contributed by atoms with Gasteiger partial charge in [0.05, 0.1) is 31.6 Å². The van der Waals surface area contributed by atoms with Gasteiger partial charge in [0.15, 0.2) is 0 Å². The Bertz CT molecular complexity index is 845. The number of rotatable bonds is 7. The molecule has 142 valence electrons.